The quantitative estimate of drug-likeness (QED) is 0.871. The van der Waals surface area contributed by atoms with Gasteiger partial charge in [0.25, 0.3) is 0 Å². The first kappa shape index (κ1) is 11.7. The maximum Gasteiger partial charge on any atom is 0.137 e. The number of benzene rings is 1. The second kappa shape index (κ2) is 5.47. The summed E-state index contributed by atoms with van der Waals surface area (Å²) in [5.74, 6) is -0.208. The van der Waals surface area contributed by atoms with Crippen LogP contribution >= 0.6 is 15.9 Å². The average Bonchev–Trinajstić information content (AvgIpc) is 2.19. The van der Waals surface area contributed by atoms with Crippen LogP contribution in [0.2, 0.25) is 0 Å². The summed E-state index contributed by atoms with van der Waals surface area (Å²) in [4.78, 5) is 0. The lowest BCUT2D eigenvalue weighted by Gasteiger charge is -2.15. The van der Waals surface area contributed by atoms with Crippen LogP contribution in [0.1, 0.15) is 31.4 Å². The monoisotopic (exact) mass is 259 g/mol. The Bertz CT molecular complexity index is 301. The van der Waals surface area contributed by atoms with E-state index in [2.05, 4.69) is 28.2 Å². The average molecular weight is 260 g/mol. The van der Waals surface area contributed by atoms with Gasteiger partial charge in [0, 0.05) is 6.04 Å². The van der Waals surface area contributed by atoms with Crippen LogP contribution in [0.5, 0.6) is 0 Å². The summed E-state index contributed by atoms with van der Waals surface area (Å²) in [5, 5.41) is 3.22. The summed E-state index contributed by atoms with van der Waals surface area (Å²) in [6.45, 7) is 2.14. The van der Waals surface area contributed by atoms with Crippen molar-refractivity contribution < 1.29 is 4.39 Å². The fourth-order valence-electron chi connectivity index (χ4n) is 1.50. The standard InChI is InChI=1S/C11H15BrFN/c1-3-4-11(14-2)8-5-6-10(13)9(12)7-8/h5-7,11,14H,3-4H2,1-2H3. The highest BCUT2D eigenvalue weighted by Crippen LogP contribution is 2.23. The summed E-state index contributed by atoms with van der Waals surface area (Å²) in [6.07, 6.45) is 2.18. The Morgan fingerprint density at radius 2 is 2.21 bits per heavy atom. The van der Waals surface area contributed by atoms with Crippen LogP contribution in [-0.2, 0) is 0 Å². The van der Waals surface area contributed by atoms with Gasteiger partial charge in [0.15, 0.2) is 0 Å². The number of hydrogen-bond donors (Lipinski definition) is 1. The molecule has 1 nitrogen and oxygen atoms in total. The summed E-state index contributed by atoms with van der Waals surface area (Å²) in [5.41, 5.74) is 1.13. The fourth-order valence-corrected chi connectivity index (χ4v) is 1.89. The topological polar surface area (TPSA) is 12.0 Å². The van der Waals surface area contributed by atoms with Crippen molar-refractivity contribution in [3.63, 3.8) is 0 Å². The Labute approximate surface area is 92.8 Å². The molecule has 1 aromatic rings. The first-order valence-corrected chi connectivity index (χ1v) is 5.60. The van der Waals surface area contributed by atoms with Crippen molar-refractivity contribution in [1.82, 2.24) is 5.32 Å². The minimum Gasteiger partial charge on any atom is -0.313 e. The van der Waals surface area contributed by atoms with Crippen molar-refractivity contribution in [3.05, 3.63) is 34.1 Å². The number of hydrogen-bond acceptors (Lipinski definition) is 1. The molecule has 0 heterocycles. The first-order chi connectivity index (χ1) is 6.69. The second-order valence-corrected chi connectivity index (χ2v) is 4.16. The van der Waals surface area contributed by atoms with E-state index >= 15 is 0 Å². The third-order valence-corrected chi connectivity index (χ3v) is 2.88. The largest absolute Gasteiger partial charge is 0.313 e. The van der Waals surface area contributed by atoms with Gasteiger partial charge in [0.1, 0.15) is 5.82 Å². The van der Waals surface area contributed by atoms with Crippen molar-refractivity contribution in [2.45, 2.75) is 25.8 Å². The Balaban J connectivity index is 2.88. The minimum absolute atomic E-state index is 0.208. The fraction of sp³-hybridized carbons (Fsp3) is 0.455. The van der Waals surface area contributed by atoms with Crippen molar-refractivity contribution >= 4 is 15.9 Å². The molecule has 0 aliphatic rings. The zero-order valence-electron chi connectivity index (χ0n) is 8.48. The SMILES string of the molecule is CCCC(NC)c1ccc(F)c(Br)c1. The highest BCUT2D eigenvalue weighted by Gasteiger charge is 2.09. The van der Waals surface area contributed by atoms with Gasteiger partial charge in [-0.3, -0.25) is 0 Å². The van der Waals surface area contributed by atoms with Crippen LogP contribution in [0, 0.1) is 5.82 Å². The van der Waals surface area contributed by atoms with Crippen LogP contribution in [0.25, 0.3) is 0 Å². The highest BCUT2D eigenvalue weighted by atomic mass is 79.9. The molecule has 1 atom stereocenters. The number of halogens is 2. The lowest BCUT2D eigenvalue weighted by molar-refractivity contribution is 0.538. The Morgan fingerprint density at radius 1 is 1.50 bits per heavy atom. The third-order valence-electron chi connectivity index (χ3n) is 2.27. The molecule has 1 N–H and O–H groups in total. The minimum atomic E-state index is -0.208. The van der Waals surface area contributed by atoms with Crippen LogP contribution in [0.3, 0.4) is 0 Å². The molecule has 1 unspecified atom stereocenters. The van der Waals surface area contributed by atoms with E-state index in [4.69, 9.17) is 0 Å². The van der Waals surface area contributed by atoms with E-state index in [1.54, 1.807) is 0 Å². The molecular weight excluding hydrogens is 245 g/mol. The van der Waals surface area contributed by atoms with Gasteiger partial charge >= 0.3 is 0 Å². The highest BCUT2D eigenvalue weighted by molar-refractivity contribution is 9.10. The van der Waals surface area contributed by atoms with Gasteiger partial charge in [-0.15, -0.1) is 0 Å². The number of nitrogens with one attached hydrogen (secondary N) is 1. The maximum absolute atomic E-state index is 13.0. The van der Waals surface area contributed by atoms with E-state index in [1.165, 1.54) is 6.07 Å². The van der Waals surface area contributed by atoms with Gasteiger partial charge in [-0.25, -0.2) is 4.39 Å². The molecule has 0 amide bonds. The van der Waals surface area contributed by atoms with Gasteiger partial charge in [-0.1, -0.05) is 19.4 Å². The van der Waals surface area contributed by atoms with Gasteiger partial charge in [0.2, 0.25) is 0 Å². The molecule has 0 spiro atoms. The van der Waals surface area contributed by atoms with Gasteiger partial charge < -0.3 is 5.32 Å². The normalized spacial score (nSPS) is 12.9. The van der Waals surface area contributed by atoms with Crippen LogP contribution in [0.15, 0.2) is 22.7 Å². The van der Waals surface area contributed by atoms with Gasteiger partial charge in [-0.2, -0.15) is 0 Å². The van der Waals surface area contributed by atoms with E-state index in [0.29, 0.717) is 10.5 Å². The molecule has 0 fully saturated rings. The second-order valence-electron chi connectivity index (χ2n) is 3.30. The molecular formula is C11H15BrFN. The lowest BCUT2D eigenvalue weighted by atomic mass is 10.0. The van der Waals surface area contributed by atoms with Crippen LogP contribution < -0.4 is 5.32 Å². The Hall–Kier alpha value is -0.410. The number of rotatable bonds is 4. The molecule has 0 aliphatic heterocycles. The molecule has 0 aliphatic carbocycles. The molecule has 0 saturated carbocycles. The summed E-state index contributed by atoms with van der Waals surface area (Å²) in [7, 11) is 1.93. The smallest absolute Gasteiger partial charge is 0.137 e. The maximum atomic E-state index is 13.0. The van der Waals surface area contributed by atoms with E-state index in [0.717, 1.165) is 18.4 Å². The molecule has 1 aromatic carbocycles. The van der Waals surface area contributed by atoms with Gasteiger partial charge in [-0.05, 0) is 47.1 Å². The third kappa shape index (κ3) is 2.79. The van der Waals surface area contributed by atoms with Crippen LogP contribution in [0.4, 0.5) is 4.39 Å². The predicted molar refractivity (Wildman–Crippen MR) is 60.8 cm³/mol. The van der Waals surface area contributed by atoms with Gasteiger partial charge in [0.05, 0.1) is 4.47 Å². The predicted octanol–water partition coefficient (Wildman–Crippen LogP) is 3.65. The lowest BCUT2D eigenvalue weighted by Crippen LogP contribution is -2.16. The molecule has 14 heavy (non-hydrogen) atoms. The first-order valence-electron chi connectivity index (χ1n) is 4.81. The molecule has 0 aromatic heterocycles. The van der Waals surface area contributed by atoms with E-state index < -0.39 is 0 Å². The molecule has 3 heteroatoms. The molecule has 0 radical (unpaired) electrons. The summed E-state index contributed by atoms with van der Waals surface area (Å²) >= 11 is 3.19. The summed E-state index contributed by atoms with van der Waals surface area (Å²) < 4.78 is 13.5. The Morgan fingerprint density at radius 3 is 2.71 bits per heavy atom. The Kier molecular flexibility index (Phi) is 4.55. The van der Waals surface area contributed by atoms with Crippen molar-refractivity contribution in [2.75, 3.05) is 7.05 Å². The van der Waals surface area contributed by atoms with E-state index in [9.17, 15) is 4.39 Å². The molecule has 78 valence electrons. The van der Waals surface area contributed by atoms with Crippen molar-refractivity contribution in [1.29, 1.82) is 0 Å². The van der Waals surface area contributed by atoms with E-state index in [-0.39, 0.29) is 5.82 Å². The summed E-state index contributed by atoms with van der Waals surface area (Å²) in [6, 6.07) is 5.49. The molecule has 1 rings (SSSR count). The van der Waals surface area contributed by atoms with Crippen molar-refractivity contribution in [2.24, 2.45) is 0 Å². The molecule has 0 bridgehead atoms. The zero-order valence-corrected chi connectivity index (χ0v) is 10.1. The van der Waals surface area contributed by atoms with Crippen molar-refractivity contribution in [3.8, 4) is 0 Å². The molecule has 0 saturated heterocycles. The van der Waals surface area contributed by atoms with E-state index in [1.807, 2.05) is 19.2 Å². The van der Waals surface area contributed by atoms with Crippen LogP contribution in [-0.4, -0.2) is 7.05 Å². The zero-order chi connectivity index (χ0) is 10.6.